The van der Waals surface area contributed by atoms with E-state index in [0.717, 1.165) is 11.1 Å². The largest absolute Gasteiger partial charge is 0.367 e. The highest BCUT2D eigenvalue weighted by Crippen LogP contribution is 2.16. The summed E-state index contributed by atoms with van der Waals surface area (Å²) in [6, 6.07) is 15.5. The van der Waals surface area contributed by atoms with Crippen molar-refractivity contribution in [3.8, 4) is 0 Å². The fraction of sp³-hybridized carbons (Fsp3) is 0.235. The summed E-state index contributed by atoms with van der Waals surface area (Å²) in [5, 5.41) is 7.87. The third kappa shape index (κ3) is 4.89. The Labute approximate surface area is 141 Å². The second-order valence-corrected chi connectivity index (χ2v) is 6.82. The molecule has 0 saturated carbocycles. The predicted octanol–water partition coefficient (Wildman–Crippen LogP) is 1.38. The molecule has 0 heterocycles. The van der Waals surface area contributed by atoms with Gasteiger partial charge in [-0.05, 0) is 29.7 Å². The molecular formula is C17H20N2O4S. The Bertz CT molecular complexity index is 774. The zero-order valence-corrected chi connectivity index (χ0v) is 14.1. The molecule has 2 aromatic carbocycles. The van der Waals surface area contributed by atoms with Crippen LogP contribution >= 0.6 is 0 Å². The van der Waals surface area contributed by atoms with E-state index in [4.69, 9.17) is 9.88 Å². The zero-order valence-electron chi connectivity index (χ0n) is 13.3. The molecule has 0 spiro atoms. The molecule has 24 heavy (non-hydrogen) atoms. The topological polar surface area (TPSA) is 98.5 Å². The lowest BCUT2D eigenvalue weighted by Gasteiger charge is -2.15. The van der Waals surface area contributed by atoms with Crippen LogP contribution in [-0.4, -0.2) is 28.0 Å². The molecule has 6 nitrogen and oxygen atoms in total. The van der Waals surface area contributed by atoms with Crippen molar-refractivity contribution in [2.75, 3.05) is 13.7 Å². The van der Waals surface area contributed by atoms with Crippen molar-refractivity contribution in [1.29, 1.82) is 0 Å². The first-order valence-electron chi connectivity index (χ1n) is 7.39. The molecule has 0 aromatic heterocycles. The van der Waals surface area contributed by atoms with Gasteiger partial charge in [-0.1, -0.05) is 42.5 Å². The number of amides is 1. The van der Waals surface area contributed by atoms with Crippen LogP contribution in [0.5, 0.6) is 0 Å². The molecule has 1 unspecified atom stereocenters. The summed E-state index contributed by atoms with van der Waals surface area (Å²) < 4.78 is 27.7. The van der Waals surface area contributed by atoms with E-state index in [2.05, 4.69) is 5.32 Å². The molecule has 7 heteroatoms. The minimum Gasteiger partial charge on any atom is -0.367 e. The Kier molecular flexibility index (Phi) is 6.08. The fourth-order valence-corrected chi connectivity index (χ4v) is 2.81. The first-order chi connectivity index (χ1) is 11.4. The molecule has 3 N–H and O–H groups in total. The number of hydrogen-bond acceptors (Lipinski definition) is 4. The number of methoxy groups -OCH3 is 1. The van der Waals surface area contributed by atoms with E-state index < -0.39 is 16.1 Å². The van der Waals surface area contributed by atoms with Crippen molar-refractivity contribution < 1.29 is 17.9 Å². The highest BCUT2D eigenvalue weighted by Gasteiger charge is 2.19. The predicted molar refractivity (Wildman–Crippen MR) is 90.7 cm³/mol. The highest BCUT2D eigenvalue weighted by atomic mass is 32.2. The van der Waals surface area contributed by atoms with E-state index in [1.807, 2.05) is 30.3 Å². The molecule has 0 bridgehead atoms. The van der Waals surface area contributed by atoms with Crippen molar-refractivity contribution in [1.82, 2.24) is 5.32 Å². The minimum absolute atomic E-state index is 0.0683. The Morgan fingerprint density at radius 1 is 1.12 bits per heavy atom. The Hall–Kier alpha value is -2.22. The molecule has 1 amide bonds. The van der Waals surface area contributed by atoms with Crippen molar-refractivity contribution in [3.63, 3.8) is 0 Å². The minimum atomic E-state index is -3.69. The smallest absolute Gasteiger partial charge is 0.253 e. The molecule has 0 fully saturated rings. The number of carbonyl (C=O) groups is 1. The average molecular weight is 348 g/mol. The van der Waals surface area contributed by atoms with Gasteiger partial charge in [0.1, 0.15) is 0 Å². The van der Waals surface area contributed by atoms with E-state index in [9.17, 15) is 13.2 Å². The first-order valence-corrected chi connectivity index (χ1v) is 8.93. The third-order valence-corrected chi connectivity index (χ3v) is 4.47. The molecule has 128 valence electrons. The van der Waals surface area contributed by atoms with E-state index >= 15 is 0 Å². The van der Waals surface area contributed by atoms with Crippen LogP contribution in [0.4, 0.5) is 0 Å². The molecule has 0 radical (unpaired) electrons. The average Bonchev–Trinajstić information content (AvgIpc) is 2.56. The molecule has 2 aromatic rings. The van der Waals surface area contributed by atoms with Gasteiger partial charge in [0, 0.05) is 13.7 Å². The number of nitrogens with one attached hydrogen (secondary N) is 1. The number of ether oxygens (including phenoxy) is 1. The third-order valence-electron chi connectivity index (χ3n) is 3.54. The van der Waals surface area contributed by atoms with Crippen LogP contribution in [0.25, 0.3) is 0 Å². The standard InChI is InChI=1S/C17H20N2O4S/c1-23-16(14-5-3-2-4-6-14)17(20)19-12-11-13-7-9-15(10-8-13)24(18,21)22/h2-10,16H,11-12H2,1H3,(H,19,20)(H2,18,21,22). The number of benzene rings is 2. The molecular weight excluding hydrogens is 328 g/mol. The van der Waals surface area contributed by atoms with E-state index in [1.54, 1.807) is 12.1 Å². The van der Waals surface area contributed by atoms with E-state index in [0.29, 0.717) is 13.0 Å². The summed E-state index contributed by atoms with van der Waals surface area (Å²) in [7, 11) is -2.20. The van der Waals surface area contributed by atoms with Crippen molar-refractivity contribution in [3.05, 3.63) is 65.7 Å². The molecule has 1 atom stereocenters. The van der Waals surface area contributed by atoms with Crippen LogP contribution in [0.1, 0.15) is 17.2 Å². The normalized spacial score (nSPS) is 12.6. The van der Waals surface area contributed by atoms with Gasteiger partial charge in [0.2, 0.25) is 10.0 Å². The molecule has 0 saturated heterocycles. The Balaban J connectivity index is 1.90. The lowest BCUT2D eigenvalue weighted by molar-refractivity contribution is -0.131. The second kappa shape index (κ2) is 8.05. The zero-order chi connectivity index (χ0) is 17.6. The molecule has 2 rings (SSSR count). The first kappa shape index (κ1) is 18.1. The number of rotatable bonds is 7. The lowest BCUT2D eigenvalue weighted by Crippen LogP contribution is -2.31. The monoisotopic (exact) mass is 348 g/mol. The summed E-state index contributed by atoms with van der Waals surface area (Å²) in [4.78, 5) is 12.3. The van der Waals surface area contributed by atoms with Gasteiger partial charge in [-0.15, -0.1) is 0 Å². The quantitative estimate of drug-likeness (QED) is 0.790. The van der Waals surface area contributed by atoms with Crippen molar-refractivity contribution in [2.24, 2.45) is 5.14 Å². The Morgan fingerprint density at radius 3 is 2.29 bits per heavy atom. The van der Waals surface area contributed by atoms with Crippen molar-refractivity contribution in [2.45, 2.75) is 17.4 Å². The van der Waals surface area contributed by atoms with Gasteiger partial charge in [-0.2, -0.15) is 0 Å². The van der Waals surface area contributed by atoms with Gasteiger partial charge in [-0.25, -0.2) is 13.6 Å². The van der Waals surface area contributed by atoms with Gasteiger partial charge in [0.15, 0.2) is 6.10 Å². The number of primary sulfonamides is 1. The van der Waals surface area contributed by atoms with Crippen LogP contribution in [0.3, 0.4) is 0 Å². The van der Waals surface area contributed by atoms with Crippen LogP contribution in [0.15, 0.2) is 59.5 Å². The van der Waals surface area contributed by atoms with Gasteiger partial charge in [0.25, 0.3) is 5.91 Å². The number of sulfonamides is 1. The maximum absolute atomic E-state index is 12.2. The van der Waals surface area contributed by atoms with Crippen molar-refractivity contribution >= 4 is 15.9 Å². The van der Waals surface area contributed by atoms with E-state index in [-0.39, 0.29) is 10.8 Å². The maximum Gasteiger partial charge on any atom is 0.253 e. The van der Waals surface area contributed by atoms with Gasteiger partial charge >= 0.3 is 0 Å². The van der Waals surface area contributed by atoms with Crippen LogP contribution < -0.4 is 10.5 Å². The highest BCUT2D eigenvalue weighted by molar-refractivity contribution is 7.89. The van der Waals surface area contributed by atoms with E-state index in [1.165, 1.54) is 19.2 Å². The Morgan fingerprint density at radius 2 is 1.75 bits per heavy atom. The second-order valence-electron chi connectivity index (χ2n) is 5.26. The summed E-state index contributed by atoms with van der Waals surface area (Å²) in [5.74, 6) is -0.218. The fourth-order valence-electron chi connectivity index (χ4n) is 2.29. The summed E-state index contributed by atoms with van der Waals surface area (Å²) in [6.45, 7) is 0.417. The number of carbonyl (C=O) groups excluding carboxylic acids is 1. The molecule has 0 aliphatic carbocycles. The molecule has 0 aliphatic heterocycles. The summed E-state index contributed by atoms with van der Waals surface area (Å²) >= 11 is 0. The molecule has 0 aliphatic rings. The van der Waals surface area contributed by atoms with Crippen LogP contribution in [-0.2, 0) is 26.0 Å². The maximum atomic E-state index is 12.2. The van der Waals surface area contributed by atoms with Crippen LogP contribution in [0, 0.1) is 0 Å². The number of hydrogen-bond donors (Lipinski definition) is 2. The van der Waals surface area contributed by atoms with Crippen LogP contribution in [0.2, 0.25) is 0 Å². The van der Waals surface area contributed by atoms with Gasteiger partial charge < -0.3 is 10.1 Å². The summed E-state index contributed by atoms with van der Waals surface area (Å²) in [5.41, 5.74) is 1.69. The van der Waals surface area contributed by atoms with Gasteiger partial charge in [0.05, 0.1) is 4.90 Å². The summed E-state index contributed by atoms with van der Waals surface area (Å²) in [6.07, 6.45) is -0.0852. The SMILES string of the molecule is COC(C(=O)NCCc1ccc(S(N)(=O)=O)cc1)c1ccccc1. The number of nitrogens with two attached hydrogens (primary N) is 1. The van der Waals surface area contributed by atoms with Gasteiger partial charge in [-0.3, -0.25) is 4.79 Å². The lowest BCUT2D eigenvalue weighted by atomic mass is 10.1.